The molecular weight excluding hydrogens is 421 g/mol. The lowest BCUT2D eigenvalue weighted by atomic mass is 10.1. The van der Waals surface area contributed by atoms with Crippen molar-refractivity contribution in [3.05, 3.63) is 114 Å². The molecule has 4 nitrogen and oxygen atoms in total. The first-order chi connectivity index (χ1) is 15.6. The maximum atomic E-state index is 13.1. The molecule has 0 spiro atoms. The second kappa shape index (κ2) is 10.2. The Morgan fingerprint density at radius 2 is 1.72 bits per heavy atom. The topological polar surface area (TPSA) is 54.9 Å². The van der Waals surface area contributed by atoms with Gasteiger partial charge in [-0.1, -0.05) is 54.2 Å². The zero-order valence-corrected chi connectivity index (χ0v) is 18.4. The van der Waals surface area contributed by atoms with E-state index in [9.17, 15) is 9.18 Å². The van der Waals surface area contributed by atoms with Gasteiger partial charge in [0.05, 0.1) is 11.7 Å². The van der Waals surface area contributed by atoms with Gasteiger partial charge in [-0.2, -0.15) is 0 Å². The predicted molar refractivity (Wildman–Crippen MR) is 126 cm³/mol. The summed E-state index contributed by atoms with van der Waals surface area (Å²) >= 11 is 1.55. The summed E-state index contributed by atoms with van der Waals surface area (Å²) in [5, 5.41) is 12.3. The van der Waals surface area contributed by atoms with Crippen LogP contribution in [0.1, 0.15) is 34.5 Å². The minimum atomic E-state index is -0.278. The van der Waals surface area contributed by atoms with Crippen LogP contribution in [-0.2, 0) is 5.75 Å². The van der Waals surface area contributed by atoms with Crippen molar-refractivity contribution in [3.8, 4) is 11.3 Å². The number of carbonyl (C=O) groups is 1. The van der Waals surface area contributed by atoms with Crippen molar-refractivity contribution in [2.45, 2.75) is 23.7 Å². The van der Waals surface area contributed by atoms with Crippen LogP contribution in [0.3, 0.4) is 0 Å². The molecule has 0 aliphatic carbocycles. The highest BCUT2D eigenvalue weighted by atomic mass is 32.2. The van der Waals surface area contributed by atoms with E-state index < -0.39 is 0 Å². The van der Waals surface area contributed by atoms with E-state index in [-0.39, 0.29) is 17.8 Å². The van der Waals surface area contributed by atoms with Crippen molar-refractivity contribution in [2.24, 2.45) is 0 Å². The average molecular weight is 444 g/mol. The predicted octanol–water partition coefficient (Wildman–Crippen LogP) is 6.07. The standard InChI is InChI=1S/C26H22FN3OS/c1-18(20-7-3-2-4-8-20)28-26(31)22-9-5-6-19(16-22)17-32-25-15-14-24(29-30-25)21-10-12-23(27)13-11-21/h2-16,18H,17H2,1H3,(H,28,31). The van der Waals surface area contributed by atoms with Crippen LogP contribution in [0.25, 0.3) is 11.3 Å². The second-order valence-corrected chi connectivity index (χ2v) is 8.35. The first-order valence-electron chi connectivity index (χ1n) is 10.3. The molecule has 0 aliphatic heterocycles. The fraction of sp³-hybridized carbons (Fsp3) is 0.115. The van der Waals surface area contributed by atoms with Gasteiger partial charge < -0.3 is 5.32 Å². The fourth-order valence-corrected chi connectivity index (χ4v) is 3.99. The third kappa shape index (κ3) is 5.59. The molecule has 3 aromatic carbocycles. The first kappa shape index (κ1) is 21.7. The molecule has 32 heavy (non-hydrogen) atoms. The number of halogens is 1. The van der Waals surface area contributed by atoms with Gasteiger partial charge >= 0.3 is 0 Å². The van der Waals surface area contributed by atoms with Gasteiger partial charge in [-0.05, 0) is 66.6 Å². The SMILES string of the molecule is CC(NC(=O)c1cccc(CSc2ccc(-c3ccc(F)cc3)nn2)c1)c1ccccc1. The Kier molecular flexibility index (Phi) is 6.92. The second-order valence-electron chi connectivity index (χ2n) is 7.36. The van der Waals surface area contributed by atoms with Crippen molar-refractivity contribution in [1.82, 2.24) is 15.5 Å². The van der Waals surface area contributed by atoms with E-state index in [1.165, 1.54) is 12.1 Å². The minimum Gasteiger partial charge on any atom is -0.346 e. The molecule has 1 aromatic heterocycles. The number of amides is 1. The number of carbonyl (C=O) groups excluding carboxylic acids is 1. The van der Waals surface area contributed by atoms with E-state index in [0.717, 1.165) is 21.7 Å². The Labute approximate surface area is 190 Å². The van der Waals surface area contributed by atoms with E-state index in [0.29, 0.717) is 17.0 Å². The zero-order chi connectivity index (χ0) is 22.3. The van der Waals surface area contributed by atoms with Gasteiger partial charge in [0.2, 0.25) is 0 Å². The monoisotopic (exact) mass is 443 g/mol. The summed E-state index contributed by atoms with van der Waals surface area (Å²) in [4.78, 5) is 12.7. The molecule has 4 aromatic rings. The Hall–Kier alpha value is -3.51. The van der Waals surface area contributed by atoms with E-state index in [1.807, 2.05) is 73.7 Å². The maximum Gasteiger partial charge on any atom is 0.251 e. The quantitative estimate of drug-likeness (QED) is 0.353. The van der Waals surface area contributed by atoms with Crippen LogP contribution >= 0.6 is 11.8 Å². The highest BCUT2D eigenvalue weighted by Crippen LogP contribution is 2.23. The maximum absolute atomic E-state index is 13.1. The summed E-state index contributed by atoms with van der Waals surface area (Å²) in [5.74, 6) is 0.288. The summed E-state index contributed by atoms with van der Waals surface area (Å²) in [7, 11) is 0. The van der Waals surface area contributed by atoms with Crippen LogP contribution in [0.4, 0.5) is 4.39 Å². The number of hydrogen-bond acceptors (Lipinski definition) is 4. The fourth-order valence-electron chi connectivity index (χ4n) is 3.24. The number of benzene rings is 3. The molecule has 1 heterocycles. The zero-order valence-electron chi connectivity index (χ0n) is 17.5. The van der Waals surface area contributed by atoms with Crippen molar-refractivity contribution in [2.75, 3.05) is 0 Å². The number of rotatable bonds is 7. The van der Waals surface area contributed by atoms with Gasteiger partial charge in [0.1, 0.15) is 10.8 Å². The summed E-state index contributed by atoms with van der Waals surface area (Å²) in [6, 6.07) is 27.4. The Morgan fingerprint density at radius 1 is 0.938 bits per heavy atom. The third-order valence-electron chi connectivity index (χ3n) is 5.00. The molecule has 0 saturated carbocycles. The van der Waals surface area contributed by atoms with E-state index in [1.54, 1.807) is 23.9 Å². The number of thioether (sulfide) groups is 1. The van der Waals surface area contributed by atoms with E-state index in [2.05, 4.69) is 15.5 Å². The summed E-state index contributed by atoms with van der Waals surface area (Å²) in [6.07, 6.45) is 0. The number of hydrogen-bond donors (Lipinski definition) is 1. The number of nitrogens with zero attached hydrogens (tertiary/aromatic N) is 2. The summed E-state index contributed by atoms with van der Waals surface area (Å²) in [5.41, 5.74) is 4.23. The largest absolute Gasteiger partial charge is 0.346 e. The number of aromatic nitrogens is 2. The van der Waals surface area contributed by atoms with Crippen LogP contribution in [0.5, 0.6) is 0 Å². The number of nitrogens with one attached hydrogen (secondary N) is 1. The molecule has 1 amide bonds. The highest BCUT2D eigenvalue weighted by molar-refractivity contribution is 7.98. The van der Waals surface area contributed by atoms with Crippen LogP contribution < -0.4 is 5.32 Å². The van der Waals surface area contributed by atoms with Gasteiger partial charge in [-0.25, -0.2) is 4.39 Å². The highest BCUT2D eigenvalue weighted by Gasteiger charge is 2.12. The Morgan fingerprint density at radius 3 is 2.44 bits per heavy atom. The lowest BCUT2D eigenvalue weighted by Gasteiger charge is -2.14. The van der Waals surface area contributed by atoms with Gasteiger partial charge in [-0.3, -0.25) is 4.79 Å². The third-order valence-corrected chi connectivity index (χ3v) is 5.99. The molecule has 1 unspecified atom stereocenters. The van der Waals surface area contributed by atoms with Crippen LogP contribution in [0, 0.1) is 5.82 Å². The lowest BCUT2D eigenvalue weighted by Crippen LogP contribution is -2.26. The average Bonchev–Trinajstić information content (AvgIpc) is 2.84. The molecule has 1 N–H and O–H groups in total. The summed E-state index contributed by atoms with van der Waals surface area (Å²) < 4.78 is 13.1. The van der Waals surface area contributed by atoms with Gasteiger partial charge in [0.25, 0.3) is 5.91 Å². The Bertz CT molecular complexity index is 1180. The molecule has 0 aliphatic rings. The van der Waals surface area contributed by atoms with Crippen molar-refractivity contribution in [1.29, 1.82) is 0 Å². The van der Waals surface area contributed by atoms with Gasteiger partial charge in [-0.15, -0.1) is 10.2 Å². The first-order valence-corrected chi connectivity index (χ1v) is 11.2. The molecule has 160 valence electrons. The van der Waals surface area contributed by atoms with Crippen molar-refractivity contribution < 1.29 is 9.18 Å². The molecule has 0 bridgehead atoms. The van der Waals surface area contributed by atoms with E-state index in [4.69, 9.17) is 0 Å². The Balaban J connectivity index is 1.36. The van der Waals surface area contributed by atoms with E-state index >= 15 is 0 Å². The molecule has 0 saturated heterocycles. The molecule has 0 fully saturated rings. The van der Waals surface area contributed by atoms with Crippen LogP contribution in [0.15, 0.2) is 96.0 Å². The molecule has 4 rings (SSSR count). The van der Waals surface area contributed by atoms with Gasteiger partial charge in [0.15, 0.2) is 0 Å². The van der Waals surface area contributed by atoms with Crippen molar-refractivity contribution >= 4 is 17.7 Å². The minimum absolute atomic E-state index is 0.0726. The van der Waals surface area contributed by atoms with Crippen molar-refractivity contribution in [3.63, 3.8) is 0 Å². The molecule has 6 heteroatoms. The lowest BCUT2D eigenvalue weighted by molar-refractivity contribution is 0.0940. The molecular formula is C26H22FN3OS. The van der Waals surface area contributed by atoms with Crippen LogP contribution in [0.2, 0.25) is 0 Å². The summed E-state index contributed by atoms with van der Waals surface area (Å²) in [6.45, 7) is 1.97. The molecule has 1 atom stereocenters. The van der Waals surface area contributed by atoms with Gasteiger partial charge in [0, 0.05) is 16.9 Å². The normalized spacial score (nSPS) is 11.7. The van der Waals surface area contributed by atoms with Crippen LogP contribution in [-0.4, -0.2) is 16.1 Å². The smallest absolute Gasteiger partial charge is 0.251 e. The molecule has 0 radical (unpaired) electrons.